The van der Waals surface area contributed by atoms with E-state index in [4.69, 9.17) is 5.11 Å². The number of phenols is 1. The van der Waals surface area contributed by atoms with Crippen LogP contribution in [-0.2, 0) is 4.79 Å². The van der Waals surface area contributed by atoms with Crippen LogP contribution in [-0.4, -0.2) is 39.6 Å². The topological polar surface area (TPSA) is 77.8 Å². The first-order valence-electron chi connectivity index (χ1n) is 6.11. The molecule has 0 aromatic heterocycles. The molecule has 1 saturated heterocycles. The van der Waals surface area contributed by atoms with Gasteiger partial charge >= 0.3 is 5.97 Å². The van der Waals surface area contributed by atoms with Gasteiger partial charge in [-0.15, -0.1) is 0 Å². The summed E-state index contributed by atoms with van der Waals surface area (Å²) in [6.45, 7) is 0.540. The van der Waals surface area contributed by atoms with Crippen LogP contribution in [0, 0.1) is 7.14 Å². The quantitative estimate of drug-likeness (QED) is 0.625. The summed E-state index contributed by atoms with van der Waals surface area (Å²) in [7, 11) is 0. The number of phenolic OH excluding ortho intramolecular Hbond substituents is 1. The molecule has 1 heterocycles. The lowest BCUT2D eigenvalue weighted by atomic mass is 10.1. The number of rotatable bonds is 3. The van der Waals surface area contributed by atoms with Gasteiger partial charge in [0, 0.05) is 16.2 Å². The molecule has 1 aromatic rings. The van der Waals surface area contributed by atoms with Crippen LogP contribution in [0.3, 0.4) is 0 Å². The van der Waals surface area contributed by atoms with Gasteiger partial charge in [-0.3, -0.25) is 9.59 Å². The smallest absolute Gasteiger partial charge is 0.305 e. The van der Waals surface area contributed by atoms with Gasteiger partial charge in [-0.25, -0.2) is 0 Å². The Kier molecular flexibility index (Phi) is 5.10. The summed E-state index contributed by atoms with van der Waals surface area (Å²) in [5, 5.41) is 18.9. The number of carboxylic acid groups (broad SMARTS) is 1. The van der Waals surface area contributed by atoms with Gasteiger partial charge in [0.05, 0.1) is 15.6 Å². The van der Waals surface area contributed by atoms with Crippen molar-refractivity contribution < 1.29 is 19.8 Å². The lowest BCUT2D eigenvalue weighted by Gasteiger charge is -2.24. The number of aliphatic carboxylic acids is 1. The lowest BCUT2D eigenvalue weighted by Crippen LogP contribution is -2.37. The second-order valence-corrected chi connectivity index (χ2v) is 7.08. The molecule has 0 saturated carbocycles. The van der Waals surface area contributed by atoms with Crippen LogP contribution >= 0.6 is 45.2 Å². The van der Waals surface area contributed by atoms with Crippen molar-refractivity contribution >= 4 is 57.1 Å². The normalized spacial score (nSPS) is 18.3. The lowest BCUT2D eigenvalue weighted by molar-refractivity contribution is -0.137. The molecular weight excluding hydrogens is 488 g/mol. The van der Waals surface area contributed by atoms with E-state index in [1.807, 2.05) is 22.6 Å². The zero-order valence-corrected chi connectivity index (χ0v) is 14.8. The Bertz CT molecular complexity index is 562. The van der Waals surface area contributed by atoms with E-state index in [0.717, 1.165) is 9.99 Å². The van der Waals surface area contributed by atoms with Crippen LogP contribution in [0.25, 0.3) is 0 Å². The Morgan fingerprint density at radius 2 is 2.05 bits per heavy atom. The highest BCUT2D eigenvalue weighted by molar-refractivity contribution is 14.1. The fraction of sp³-hybridized carbons (Fsp3) is 0.385. The van der Waals surface area contributed by atoms with Gasteiger partial charge in [-0.2, -0.15) is 0 Å². The molecule has 2 N–H and O–H groups in total. The number of likely N-dealkylation sites (tertiary alicyclic amines) is 1. The predicted molar refractivity (Wildman–Crippen MR) is 89.9 cm³/mol. The minimum absolute atomic E-state index is 0.0306. The Morgan fingerprint density at radius 3 is 2.70 bits per heavy atom. The fourth-order valence-electron chi connectivity index (χ4n) is 2.40. The van der Waals surface area contributed by atoms with E-state index in [9.17, 15) is 14.7 Å². The number of carboxylic acids is 1. The van der Waals surface area contributed by atoms with Gasteiger partial charge in [0.1, 0.15) is 5.75 Å². The van der Waals surface area contributed by atoms with E-state index in [-0.39, 0.29) is 29.7 Å². The molecule has 1 aromatic carbocycles. The van der Waals surface area contributed by atoms with Crippen molar-refractivity contribution in [3.8, 4) is 5.75 Å². The van der Waals surface area contributed by atoms with E-state index in [0.29, 0.717) is 16.5 Å². The Balaban J connectivity index is 2.29. The zero-order chi connectivity index (χ0) is 14.9. The molecule has 7 heteroatoms. The maximum atomic E-state index is 12.5. The Morgan fingerprint density at radius 1 is 1.35 bits per heavy atom. The van der Waals surface area contributed by atoms with Crippen molar-refractivity contribution in [1.82, 2.24) is 4.90 Å². The van der Waals surface area contributed by atoms with Gasteiger partial charge in [-0.05, 0) is 70.2 Å². The number of hydrogen-bond donors (Lipinski definition) is 2. The summed E-state index contributed by atoms with van der Waals surface area (Å²) >= 11 is 4.07. The molecule has 0 bridgehead atoms. The van der Waals surface area contributed by atoms with Crippen LogP contribution in [0.5, 0.6) is 5.75 Å². The molecule has 0 radical (unpaired) electrons. The van der Waals surface area contributed by atoms with Crippen LogP contribution in [0.1, 0.15) is 29.6 Å². The molecule has 1 amide bonds. The summed E-state index contributed by atoms with van der Waals surface area (Å²) in [6, 6.07) is 3.14. The second-order valence-electron chi connectivity index (χ2n) is 4.68. The maximum Gasteiger partial charge on any atom is 0.305 e. The van der Waals surface area contributed by atoms with Gasteiger partial charge in [0.25, 0.3) is 5.91 Å². The van der Waals surface area contributed by atoms with Crippen molar-refractivity contribution in [3.05, 3.63) is 24.8 Å². The van der Waals surface area contributed by atoms with Crippen molar-refractivity contribution in [2.24, 2.45) is 0 Å². The van der Waals surface area contributed by atoms with E-state index in [1.54, 1.807) is 17.0 Å². The molecule has 0 aliphatic carbocycles. The van der Waals surface area contributed by atoms with Gasteiger partial charge in [0.15, 0.2) is 0 Å². The van der Waals surface area contributed by atoms with Gasteiger partial charge in [-0.1, -0.05) is 0 Å². The number of benzene rings is 1. The Labute approximate surface area is 143 Å². The van der Waals surface area contributed by atoms with Crippen molar-refractivity contribution in [2.45, 2.75) is 25.3 Å². The molecule has 2 rings (SSSR count). The molecule has 108 valence electrons. The molecular formula is C13H13I2NO4. The molecule has 1 fully saturated rings. The zero-order valence-electron chi connectivity index (χ0n) is 10.5. The summed E-state index contributed by atoms with van der Waals surface area (Å²) < 4.78 is 1.48. The summed E-state index contributed by atoms with van der Waals surface area (Å²) in [6.07, 6.45) is 1.44. The standard InChI is InChI=1S/C13H13I2NO4/c14-7-4-9(12(19)10(15)5-7)13(20)16-3-1-2-8(16)6-11(17)18/h4-5,8,19H,1-3,6H2,(H,17,18). The molecule has 5 nitrogen and oxygen atoms in total. The summed E-state index contributed by atoms with van der Waals surface area (Å²) in [4.78, 5) is 24.9. The highest BCUT2D eigenvalue weighted by Gasteiger charge is 2.32. The highest BCUT2D eigenvalue weighted by atomic mass is 127. The molecule has 1 aliphatic heterocycles. The van der Waals surface area contributed by atoms with Gasteiger partial charge in [0.2, 0.25) is 0 Å². The molecule has 1 atom stereocenters. The minimum atomic E-state index is -0.906. The largest absolute Gasteiger partial charge is 0.506 e. The fourth-order valence-corrected chi connectivity index (χ4v) is 4.25. The SMILES string of the molecule is O=C(O)CC1CCCN1C(=O)c1cc(I)cc(I)c1O. The third kappa shape index (κ3) is 3.35. The van der Waals surface area contributed by atoms with Gasteiger partial charge < -0.3 is 15.1 Å². The number of aromatic hydroxyl groups is 1. The first-order chi connectivity index (χ1) is 9.40. The number of nitrogens with zero attached hydrogens (tertiary/aromatic N) is 1. The molecule has 1 aliphatic rings. The monoisotopic (exact) mass is 501 g/mol. The number of carbonyl (C=O) groups is 2. The van der Waals surface area contributed by atoms with Crippen molar-refractivity contribution in [3.63, 3.8) is 0 Å². The minimum Gasteiger partial charge on any atom is -0.506 e. The van der Waals surface area contributed by atoms with E-state index in [1.165, 1.54) is 0 Å². The van der Waals surface area contributed by atoms with Crippen LogP contribution in [0.4, 0.5) is 0 Å². The van der Waals surface area contributed by atoms with Crippen LogP contribution in [0.15, 0.2) is 12.1 Å². The maximum absolute atomic E-state index is 12.5. The predicted octanol–water partition coefficient (Wildman–Crippen LogP) is 2.68. The molecule has 1 unspecified atom stereocenters. The first-order valence-corrected chi connectivity index (χ1v) is 8.26. The molecule has 0 spiro atoms. The van der Waals surface area contributed by atoms with E-state index < -0.39 is 5.97 Å². The van der Waals surface area contributed by atoms with Crippen LogP contribution < -0.4 is 0 Å². The molecule has 20 heavy (non-hydrogen) atoms. The van der Waals surface area contributed by atoms with E-state index in [2.05, 4.69) is 22.6 Å². The average molecular weight is 501 g/mol. The summed E-state index contributed by atoms with van der Waals surface area (Å²) in [5.74, 6) is -1.23. The summed E-state index contributed by atoms with van der Waals surface area (Å²) in [5.41, 5.74) is 0.249. The number of hydrogen-bond acceptors (Lipinski definition) is 3. The van der Waals surface area contributed by atoms with E-state index >= 15 is 0 Å². The second kappa shape index (κ2) is 6.46. The van der Waals surface area contributed by atoms with Crippen molar-refractivity contribution in [2.75, 3.05) is 6.54 Å². The Hall–Kier alpha value is -0.580. The third-order valence-electron chi connectivity index (χ3n) is 3.31. The number of carbonyl (C=O) groups excluding carboxylic acids is 1. The average Bonchev–Trinajstić information content (AvgIpc) is 2.80. The highest BCUT2D eigenvalue weighted by Crippen LogP contribution is 2.30. The third-order valence-corrected chi connectivity index (χ3v) is 4.75. The number of amides is 1. The van der Waals surface area contributed by atoms with Crippen LogP contribution in [0.2, 0.25) is 0 Å². The first kappa shape index (κ1) is 15.8. The van der Waals surface area contributed by atoms with Crippen molar-refractivity contribution in [1.29, 1.82) is 0 Å². The number of halogens is 2.